The summed E-state index contributed by atoms with van der Waals surface area (Å²) in [5, 5.41) is 0.703. The van der Waals surface area contributed by atoms with Crippen molar-refractivity contribution in [3.8, 4) is 0 Å². The number of rotatable bonds is 1. The molecule has 0 saturated heterocycles. The average molecular weight is 324 g/mol. The molecule has 0 radical (unpaired) electrons. The first kappa shape index (κ1) is 10.3. The second-order valence-electron chi connectivity index (χ2n) is 3.09. The highest BCUT2D eigenvalue weighted by atomic mass is 127. The molecule has 2 aromatic rings. The van der Waals surface area contributed by atoms with E-state index in [4.69, 9.17) is 0 Å². The minimum atomic E-state index is -2.38. The van der Waals surface area contributed by atoms with Crippen LogP contribution in [0.1, 0.15) is 17.6 Å². The third kappa shape index (κ3) is 1.65. The molecule has 0 fully saturated rings. The smallest absolute Gasteiger partial charge is 0.205 e. The zero-order valence-electron chi connectivity index (χ0n) is 7.35. The Morgan fingerprint density at radius 2 is 2.07 bits per heavy atom. The van der Waals surface area contributed by atoms with Crippen LogP contribution in [0.2, 0.25) is 0 Å². The van der Waals surface area contributed by atoms with Gasteiger partial charge in [0.25, 0.3) is 6.43 Å². The van der Waals surface area contributed by atoms with Gasteiger partial charge in [-0.15, -0.1) is 11.3 Å². The van der Waals surface area contributed by atoms with Crippen molar-refractivity contribution < 1.29 is 8.78 Å². The van der Waals surface area contributed by atoms with Crippen LogP contribution in [-0.4, -0.2) is 0 Å². The summed E-state index contributed by atoms with van der Waals surface area (Å²) in [6.07, 6.45) is -2.38. The van der Waals surface area contributed by atoms with E-state index in [0.29, 0.717) is 8.27 Å². The molecule has 0 aliphatic rings. The van der Waals surface area contributed by atoms with E-state index in [2.05, 4.69) is 0 Å². The summed E-state index contributed by atoms with van der Waals surface area (Å²) in [4.78, 5) is 0. The Morgan fingerprint density at radius 1 is 1.36 bits per heavy atom. The molecule has 4 heteroatoms. The van der Waals surface area contributed by atoms with Gasteiger partial charge in [-0.3, -0.25) is 0 Å². The van der Waals surface area contributed by atoms with Crippen molar-refractivity contribution in [3.63, 3.8) is 0 Å². The molecular weight excluding hydrogens is 317 g/mol. The highest BCUT2D eigenvalue weighted by Gasteiger charge is 2.18. The van der Waals surface area contributed by atoms with E-state index in [-0.39, 0.29) is 5.56 Å². The molecule has 0 atom stereocenters. The molecule has 0 amide bonds. The first-order chi connectivity index (χ1) is 6.59. The maximum Gasteiger partial charge on any atom is 0.266 e. The van der Waals surface area contributed by atoms with E-state index in [1.54, 1.807) is 0 Å². The maximum absolute atomic E-state index is 12.7. The van der Waals surface area contributed by atoms with Crippen LogP contribution in [0, 0.1) is 9.81 Å². The van der Waals surface area contributed by atoms with Gasteiger partial charge in [-0.1, -0.05) is 17.7 Å². The fourth-order valence-electron chi connectivity index (χ4n) is 1.40. The molecule has 0 spiro atoms. The minimum Gasteiger partial charge on any atom is -0.205 e. The molecule has 1 aromatic heterocycles. The minimum absolute atomic E-state index is 0.189. The quantitative estimate of drug-likeness (QED) is 0.664. The van der Waals surface area contributed by atoms with E-state index in [1.807, 2.05) is 47.7 Å². The van der Waals surface area contributed by atoms with Gasteiger partial charge in [0.2, 0.25) is 0 Å². The molecule has 0 saturated carbocycles. The summed E-state index contributed by atoms with van der Waals surface area (Å²) in [6.45, 7) is 1.92. The largest absolute Gasteiger partial charge is 0.266 e. The summed E-state index contributed by atoms with van der Waals surface area (Å²) >= 11 is 3.40. The van der Waals surface area contributed by atoms with Crippen LogP contribution in [-0.2, 0) is 0 Å². The first-order valence-electron chi connectivity index (χ1n) is 4.06. The average Bonchev–Trinajstić information content (AvgIpc) is 2.40. The number of thiophene rings is 1. The Hall–Kier alpha value is -0.230. The Morgan fingerprint density at radius 3 is 2.71 bits per heavy atom. The van der Waals surface area contributed by atoms with Crippen LogP contribution >= 0.6 is 33.9 Å². The maximum atomic E-state index is 12.7. The number of fused-ring (bicyclic) bond motifs is 1. The normalized spacial score (nSPS) is 11.5. The molecule has 0 N–H and O–H groups in total. The number of alkyl halides is 2. The number of hydrogen-bond acceptors (Lipinski definition) is 1. The van der Waals surface area contributed by atoms with Gasteiger partial charge in [0, 0.05) is 15.6 Å². The standard InChI is InChI=1S/C10H7F2IS/c1-5-2-3-7-6(4-5)8(9(11)12)10(13)14-7/h2-4,9H,1H3. The van der Waals surface area contributed by atoms with Crippen LogP contribution in [0.5, 0.6) is 0 Å². The second kappa shape index (κ2) is 3.73. The van der Waals surface area contributed by atoms with Gasteiger partial charge in [0.05, 0.1) is 2.88 Å². The lowest BCUT2D eigenvalue weighted by atomic mass is 10.1. The molecular formula is C10H7F2IS. The fraction of sp³-hybridized carbons (Fsp3) is 0.200. The first-order valence-corrected chi connectivity index (χ1v) is 5.96. The number of aryl methyl sites for hydroxylation is 1. The summed E-state index contributed by atoms with van der Waals surface area (Å²) < 4.78 is 27.1. The lowest BCUT2D eigenvalue weighted by Gasteiger charge is -1.98. The fourth-order valence-corrected chi connectivity index (χ4v) is 3.56. The highest BCUT2D eigenvalue weighted by Crippen LogP contribution is 2.38. The number of benzene rings is 1. The molecule has 0 aliphatic carbocycles. The lowest BCUT2D eigenvalue weighted by molar-refractivity contribution is 0.152. The van der Waals surface area contributed by atoms with E-state index in [1.165, 1.54) is 11.3 Å². The Bertz CT molecular complexity index is 476. The molecule has 0 nitrogen and oxygen atoms in total. The van der Waals surface area contributed by atoms with Gasteiger partial charge in [0.15, 0.2) is 0 Å². The third-order valence-corrected chi connectivity index (χ3v) is 4.27. The van der Waals surface area contributed by atoms with E-state index < -0.39 is 6.43 Å². The van der Waals surface area contributed by atoms with Gasteiger partial charge in [-0.25, -0.2) is 8.78 Å². The summed E-state index contributed by atoms with van der Waals surface area (Å²) in [5.41, 5.74) is 1.21. The monoisotopic (exact) mass is 324 g/mol. The van der Waals surface area contributed by atoms with Crippen LogP contribution in [0.25, 0.3) is 10.1 Å². The Kier molecular flexibility index (Phi) is 2.74. The summed E-state index contributed by atoms with van der Waals surface area (Å²) in [7, 11) is 0. The molecule has 14 heavy (non-hydrogen) atoms. The summed E-state index contributed by atoms with van der Waals surface area (Å²) in [5.74, 6) is 0. The van der Waals surface area contributed by atoms with Crippen molar-refractivity contribution in [2.75, 3.05) is 0 Å². The van der Waals surface area contributed by atoms with Crippen LogP contribution in [0.15, 0.2) is 18.2 Å². The molecule has 1 heterocycles. The van der Waals surface area contributed by atoms with Crippen molar-refractivity contribution >= 4 is 44.0 Å². The number of hydrogen-bond donors (Lipinski definition) is 0. The van der Waals surface area contributed by atoms with Crippen LogP contribution in [0.3, 0.4) is 0 Å². The van der Waals surface area contributed by atoms with Crippen LogP contribution in [0.4, 0.5) is 8.78 Å². The van der Waals surface area contributed by atoms with Crippen molar-refractivity contribution in [1.82, 2.24) is 0 Å². The van der Waals surface area contributed by atoms with E-state index in [0.717, 1.165) is 10.3 Å². The van der Waals surface area contributed by atoms with E-state index >= 15 is 0 Å². The van der Waals surface area contributed by atoms with Gasteiger partial charge < -0.3 is 0 Å². The molecule has 74 valence electrons. The van der Waals surface area contributed by atoms with Crippen molar-refractivity contribution in [2.24, 2.45) is 0 Å². The third-order valence-electron chi connectivity index (χ3n) is 2.05. The van der Waals surface area contributed by atoms with Crippen molar-refractivity contribution in [1.29, 1.82) is 0 Å². The molecule has 1 aromatic carbocycles. The highest BCUT2D eigenvalue weighted by molar-refractivity contribution is 14.1. The topological polar surface area (TPSA) is 0 Å². The molecule has 0 bridgehead atoms. The molecule has 0 aliphatic heterocycles. The van der Waals surface area contributed by atoms with Gasteiger partial charge in [-0.2, -0.15) is 0 Å². The van der Waals surface area contributed by atoms with Crippen molar-refractivity contribution in [3.05, 3.63) is 32.2 Å². The zero-order valence-corrected chi connectivity index (χ0v) is 10.3. The zero-order chi connectivity index (χ0) is 10.3. The predicted molar refractivity (Wildman–Crippen MR) is 64.2 cm³/mol. The van der Waals surface area contributed by atoms with Crippen molar-refractivity contribution in [2.45, 2.75) is 13.3 Å². The summed E-state index contributed by atoms with van der Waals surface area (Å²) in [6, 6.07) is 5.68. The van der Waals surface area contributed by atoms with Gasteiger partial charge >= 0.3 is 0 Å². The predicted octanol–water partition coefficient (Wildman–Crippen LogP) is 4.75. The van der Waals surface area contributed by atoms with Gasteiger partial charge in [-0.05, 0) is 35.6 Å². The second-order valence-corrected chi connectivity index (χ2v) is 5.95. The Labute approximate surface area is 98.1 Å². The molecule has 2 rings (SSSR count). The lowest BCUT2D eigenvalue weighted by Crippen LogP contribution is -1.84. The van der Waals surface area contributed by atoms with Crippen LogP contribution < -0.4 is 0 Å². The van der Waals surface area contributed by atoms with Gasteiger partial charge in [0.1, 0.15) is 0 Å². The Balaban J connectivity index is 2.79. The molecule has 0 unspecified atom stereocenters. The SMILES string of the molecule is Cc1ccc2sc(I)c(C(F)F)c2c1. The van der Waals surface area contributed by atoms with E-state index in [9.17, 15) is 8.78 Å². The number of halogens is 3.